The maximum atomic E-state index is 10.4. The Hall–Kier alpha value is -1.67. The quantitative estimate of drug-likeness (QED) is 0.185. The van der Waals surface area contributed by atoms with Crippen LogP contribution in [0.1, 0.15) is 12.1 Å². The van der Waals surface area contributed by atoms with E-state index in [0.29, 0.717) is 12.4 Å². The van der Waals surface area contributed by atoms with Crippen LogP contribution in [0.4, 0.5) is 0 Å². The third kappa shape index (κ3) is 7.94. The molecule has 0 bridgehead atoms. The molecule has 1 aromatic heterocycles. The summed E-state index contributed by atoms with van der Waals surface area (Å²) in [5.74, 6) is 1.32. The van der Waals surface area contributed by atoms with E-state index in [0.717, 1.165) is 29.4 Å². The van der Waals surface area contributed by atoms with Crippen molar-refractivity contribution < 1.29 is 4.92 Å². The number of hydrogen-bond acceptors (Lipinski definition) is 6. The molecule has 22 heavy (non-hydrogen) atoms. The van der Waals surface area contributed by atoms with Gasteiger partial charge in [-0.3, -0.25) is 15.1 Å². The Labute approximate surface area is 135 Å². The second kappa shape index (κ2) is 10.1. The van der Waals surface area contributed by atoms with Crippen LogP contribution in [0.15, 0.2) is 28.2 Å². The standard InChI is InChI=1S/C14H23N5O2S/c1-15-13(11-19(20)21)16-8-5-9-22-14-7-4-6-12(17-14)10-18(2)3/h4,6-7H,5,8-11H2,1-3H3,(H,15,16). The number of aromatic nitrogens is 1. The number of amidine groups is 1. The molecule has 0 aromatic carbocycles. The first-order valence-corrected chi connectivity index (χ1v) is 8.04. The summed E-state index contributed by atoms with van der Waals surface area (Å²) in [6, 6.07) is 6.04. The lowest BCUT2D eigenvalue weighted by Gasteiger charge is -2.10. The molecule has 0 spiro atoms. The van der Waals surface area contributed by atoms with Gasteiger partial charge in [-0.1, -0.05) is 6.07 Å². The van der Waals surface area contributed by atoms with Gasteiger partial charge in [0.25, 0.3) is 6.54 Å². The lowest BCUT2D eigenvalue weighted by molar-refractivity contribution is -0.463. The molecule has 0 amide bonds. The Bertz CT molecular complexity index is 508. The number of pyridine rings is 1. The molecule has 8 heteroatoms. The fraction of sp³-hybridized carbons (Fsp3) is 0.571. The van der Waals surface area contributed by atoms with Crippen LogP contribution < -0.4 is 5.32 Å². The Morgan fingerprint density at radius 3 is 2.91 bits per heavy atom. The predicted octanol–water partition coefficient (Wildman–Crippen LogP) is 1.52. The van der Waals surface area contributed by atoms with Crippen LogP contribution in [-0.4, -0.2) is 60.6 Å². The number of thioether (sulfide) groups is 1. The van der Waals surface area contributed by atoms with E-state index in [1.54, 1.807) is 18.8 Å². The van der Waals surface area contributed by atoms with Crippen LogP contribution >= 0.6 is 11.8 Å². The van der Waals surface area contributed by atoms with Crippen LogP contribution in [0.3, 0.4) is 0 Å². The summed E-state index contributed by atoms with van der Waals surface area (Å²) in [4.78, 5) is 20.6. The molecule has 0 saturated carbocycles. The van der Waals surface area contributed by atoms with Gasteiger partial charge in [-0.05, 0) is 32.6 Å². The summed E-state index contributed by atoms with van der Waals surface area (Å²) in [5.41, 5.74) is 1.06. The van der Waals surface area contributed by atoms with Gasteiger partial charge in [0.1, 0.15) is 0 Å². The van der Waals surface area contributed by atoms with Gasteiger partial charge in [-0.15, -0.1) is 11.8 Å². The maximum absolute atomic E-state index is 10.4. The molecule has 1 rings (SSSR count). The molecule has 1 N–H and O–H groups in total. The molecule has 1 heterocycles. The van der Waals surface area contributed by atoms with E-state index in [2.05, 4.69) is 20.2 Å². The highest BCUT2D eigenvalue weighted by Gasteiger charge is 2.05. The molecule has 7 nitrogen and oxygen atoms in total. The van der Waals surface area contributed by atoms with Crippen LogP contribution in [0.25, 0.3) is 0 Å². The Morgan fingerprint density at radius 1 is 1.50 bits per heavy atom. The maximum Gasteiger partial charge on any atom is 0.259 e. The normalized spacial score (nSPS) is 11.7. The van der Waals surface area contributed by atoms with Crippen molar-refractivity contribution in [2.45, 2.75) is 18.0 Å². The third-order valence-electron chi connectivity index (χ3n) is 2.71. The average Bonchev–Trinajstić information content (AvgIpc) is 2.45. The van der Waals surface area contributed by atoms with Crippen LogP contribution in [0.2, 0.25) is 0 Å². The summed E-state index contributed by atoms with van der Waals surface area (Å²) in [6.07, 6.45) is 0.890. The van der Waals surface area contributed by atoms with Crippen molar-refractivity contribution in [3.8, 4) is 0 Å². The molecule has 0 aliphatic heterocycles. The van der Waals surface area contributed by atoms with Crippen molar-refractivity contribution in [3.63, 3.8) is 0 Å². The minimum absolute atomic E-state index is 0.252. The number of hydrogen-bond donors (Lipinski definition) is 1. The summed E-state index contributed by atoms with van der Waals surface area (Å²) < 4.78 is 0. The molecule has 0 aliphatic rings. The molecule has 0 fully saturated rings. The zero-order valence-electron chi connectivity index (χ0n) is 13.3. The highest BCUT2D eigenvalue weighted by atomic mass is 32.2. The summed E-state index contributed by atoms with van der Waals surface area (Å²) in [6.45, 7) is 1.25. The molecule has 0 atom stereocenters. The molecule has 122 valence electrons. The van der Waals surface area contributed by atoms with E-state index in [-0.39, 0.29) is 11.5 Å². The number of nitrogens with zero attached hydrogens (tertiary/aromatic N) is 4. The van der Waals surface area contributed by atoms with E-state index in [1.165, 1.54) is 0 Å². The van der Waals surface area contributed by atoms with Crippen molar-refractivity contribution in [1.29, 1.82) is 0 Å². The van der Waals surface area contributed by atoms with Gasteiger partial charge in [0, 0.05) is 30.8 Å². The Morgan fingerprint density at radius 2 is 2.27 bits per heavy atom. The number of aliphatic imine (C=N–C) groups is 1. The lowest BCUT2D eigenvalue weighted by atomic mass is 10.3. The molecule has 0 unspecified atom stereocenters. The zero-order chi connectivity index (χ0) is 16.4. The molecule has 0 aliphatic carbocycles. The van der Waals surface area contributed by atoms with Crippen molar-refractivity contribution >= 4 is 17.6 Å². The highest BCUT2D eigenvalue weighted by molar-refractivity contribution is 7.99. The van der Waals surface area contributed by atoms with Gasteiger partial charge in [0.2, 0.25) is 0 Å². The van der Waals surface area contributed by atoms with Gasteiger partial charge in [0.05, 0.1) is 10.7 Å². The number of nitro groups is 1. The van der Waals surface area contributed by atoms with Gasteiger partial charge < -0.3 is 10.2 Å². The lowest BCUT2D eigenvalue weighted by Crippen LogP contribution is -2.31. The van der Waals surface area contributed by atoms with Crippen molar-refractivity contribution in [3.05, 3.63) is 34.0 Å². The SMILES string of the molecule is CN=C(C[N+](=O)[O-])NCCCSc1cccc(CN(C)C)n1. The van der Waals surface area contributed by atoms with Gasteiger partial charge in [-0.25, -0.2) is 4.98 Å². The van der Waals surface area contributed by atoms with E-state index < -0.39 is 0 Å². The smallest absolute Gasteiger partial charge is 0.259 e. The van der Waals surface area contributed by atoms with Crippen LogP contribution in [0, 0.1) is 10.1 Å². The first kappa shape index (κ1) is 18.4. The first-order chi connectivity index (χ1) is 10.5. The minimum atomic E-state index is -0.385. The molecular weight excluding hydrogens is 302 g/mol. The summed E-state index contributed by atoms with van der Waals surface area (Å²) in [5, 5.41) is 14.4. The predicted molar refractivity (Wildman–Crippen MR) is 90.2 cm³/mol. The monoisotopic (exact) mass is 325 g/mol. The van der Waals surface area contributed by atoms with Gasteiger partial charge >= 0.3 is 0 Å². The highest BCUT2D eigenvalue weighted by Crippen LogP contribution is 2.16. The van der Waals surface area contributed by atoms with Crippen LogP contribution in [0.5, 0.6) is 0 Å². The molecular formula is C14H23N5O2S. The fourth-order valence-corrected chi connectivity index (χ4v) is 2.61. The minimum Gasteiger partial charge on any atom is -0.368 e. The van der Waals surface area contributed by atoms with Gasteiger partial charge in [0.15, 0.2) is 5.84 Å². The van der Waals surface area contributed by atoms with Crippen molar-refractivity contribution in [2.24, 2.45) is 4.99 Å². The van der Waals surface area contributed by atoms with E-state index in [4.69, 9.17) is 0 Å². The topological polar surface area (TPSA) is 83.7 Å². The van der Waals surface area contributed by atoms with Gasteiger partial charge in [-0.2, -0.15) is 0 Å². The second-order valence-electron chi connectivity index (χ2n) is 4.99. The molecule has 0 radical (unpaired) electrons. The van der Waals surface area contributed by atoms with Crippen molar-refractivity contribution in [1.82, 2.24) is 15.2 Å². The second-order valence-corrected chi connectivity index (χ2v) is 6.11. The third-order valence-corrected chi connectivity index (χ3v) is 3.72. The summed E-state index contributed by atoms with van der Waals surface area (Å²) in [7, 11) is 5.59. The largest absolute Gasteiger partial charge is 0.368 e. The zero-order valence-corrected chi connectivity index (χ0v) is 14.1. The first-order valence-electron chi connectivity index (χ1n) is 7.06. The number of nitrogens with one attached hydrogen (secondary N) is 1. The average molecular weight is 325 g/mol. The van der Waals surface area contributed by atoms with E-state index in [1.807, 2.05) is 32.3 Å². The number of rotatable bonds is 9. The van der Waals surface area contributed by atoms with E-state index >= 15 is 0 Å². The summed E-state index contributed by atoms with van der Waals surface area (Å²) >= 11 is 1.69. The van der Waals surface area contributed by atoms with Crippen LogP contribution in [-0.2, 0) is 6.54 Å². The van der Waals surface area contributed by atoms with Crippen molar-refractivity contribution in [2.75, 3.05) is 40.0 Å². The fourth-order valence-electron chi connectivity index (χ4n) is 1.76. The molecule has 0 saturated heterocycles. The van der Waals surface area contributed by atoms with E-state index in [9.17, 15) is 10.1 Å². The Kier molecular flexibility index (Phi) is 8.46. The Balaban J connectivity index is 2.28. The molecule has 1 aromatic rings.